The van der Waals surface area contributed by atoms with Gasteiger partial charge in [0, 0.05) is 19.2 Å². The average Bonchev–Trinajstić information content (AvgIpc) is 2.95. The summed E-state index contributed by atoms with van der Waals surface area (Å²) in [5.74, 6) is -1.86. The van der Waals surface area contributed by atoms with Crippen molar-refractivity contribution in [3.05, 3.63) is 17.5 Å². The van der Waals surface area contributed by atoms with Gasteiger partial charge in [0.2, 0.25) is 5.76 Å². The van der Waals surface area contributed by atoms with E-state index < -0.39 is 5.97 Å². The number of amides is 1. The van der Waals surface area contributed by atoms with Gasteiger partial charge < -0.3 is 19.3 Å². The summed E-state index contributed by atoms with van der Waals surface area (Å²) in [7, 11) is 0. The molecule has 1 aromatic heterocycles. The number of hydrogen-bond donors (Lipinski definition) is 1. The topological polar surface area (TPSA) is 92.9 Å². The summed E-state index contributed by atoms with van der Waals surface area (Å²) in [6.07, 6.45) is 2.12. The number of hydrogen-bond acceptors (Lipinski definition) is 5. The molecule has 2 saturated heterocycles. The number of rotatable bonds is 2. The third kappa shape index (κ3) is 1.86. The Hall–Kier alpha value is -1.89. The van der Waals surface area contributed by atoms with Gasteiger partial charge in [0.05, 0.1) is 12.2 Å². The summed E-state index contributed by atoms with van der Waals surface area (Å²) in [6, 6.07) is 1.15. The molecule has 0 aromatic carbocycles. The summed E-state index contributed by atoms with van der Waals surface area (Å²) in [5.41, 5.74) is 0.0358. The molecule has 1 N–H and O–H groups in total. The van der Waals surface area contributed by atoms with Crippen molar-refractivity contribution in [1.82, 2.24) is 10.1 Å². The Morgan fingerprint density at radius 2 is 2.00 bits per heavy atom. The predicted molar refractivity (Wildman–Crippen MR) is 57.3 cm³/mol. The Morgan fingerprint density at radius 3 is 2.56 bits per heavy atom. The summed E-state index contributed by atoms with van der Waals surface area (Å²) in [4.78, 5) is 24.4. The van der Waals surface area contributed by atoms with E-state index in [9.17, 15) is 9.59 Å². The maximum absolute atomic E-state index is 12.1. The van der Waals surface area contributed by atoms with E-state index in [2.05, 4.69) is 9.68 Å². The molecule has 3 rings (SSSR count). The molecule has 7 nitrogen and oxygen atoms in total. The molecule has 18 heavy (non-hydrogen) atoms. The fraction of sp³-hybridized carbons (Fsp3) is 0.545. The molecule has 1 amide bonds. The molecule has 2 aliphatic heterocycles. The second-order valence-electron chi connectivity index (χ2n) is 4.55. The molecule has 2 bridgehead atoms. The van der Waals surface area contributed by atoms with Crippen LogP contribution in [0.1, 0.15) is 33.9 Å². The number of fused-ring (bicyclic) bond motifs is 2. The van der Waals surface area contributed by atoms with E-state index in [0.29, 0.717) is 13.1 Å². The molecule has 0 radical (unpaired) electrons. The number of carbonyl (C=O) groups excluding carboxylic acids is 1. The first-order valence-electron chi connectivity index (χ1n) is 5.78. The van der Waals surface area contributed by atoms with Gasteiger partial charge in [-0.05, 0) is 12.8 Å². The summed E-state index contributed by atoms with van der Waals surface area (Å²) >= 11 is 0. The van der Waals surface area contributed by atoms with E-state index in [4.69, 9.17) is 9.84 Å². The second-order valence-corrected chi connectivity index (χ2v) is 4.55. The minimum Gasteiger partial charge on any atom is -0.475 e. The van der Waals surface area contributed by atoms with Crippen LogP contribution in [0.15, 0.2) is 10.6 Å². The molecule has 2 fully saturated rings. The first-order valence-corrected chi connectivity index (χ1v) is 5.78. The Bertz CT molecular complexity index is 485. The van der Waals surface area contributed by atoms with E-state index in [1.165, 1.54) is 0 Å². The third-order valence-electron chi connectivity index (χ3n) is 3.27. The van der Waals surface area contributed by atoms with Gasteiger partial charge in [-0.2, -0.15) is 0 Å². The van der Waals surface area contributed by atoms with Crippen LogP contribution >= 0.6 is 0 Å². The number of likely N-dealkylation sites (tertiary alicyclic amines) is 1. The molecule has 3 heterocycles. The average molecular weight is 252 g/mol. The number of aromatic carboxylic acids is 1. The molecule has 2 atom stereocenters. The van der Waals surface area contributed by atoms with Gasteiger partial charge in [-0.1, -0.05) is 5.16 Å². The largest absolute Gasteiger partial charge is 0.475 e. The molecular formula is C11H12N2O5. The molecule has 0 spiro atoms. The fourth-order valence-corrected chi connectivity index (χ4v) is 2.42. The normalized spacial score (nSPS) is 26.3. The molecule has 0 aliphatic carbocycles. The highest BCUT2D eigenvalue weighted by Crippen LogP contribution is 2.27. The van der Waals surface area contributed by atoms with Crippen LogP contribution in [0.2, 0.25) is 0 Å². The van der Waals surface area contributed by atoms with Crippen LogP contribution in [0.3, 0.4) is 0 Å². The van der Waals surface area contributed by atoms with Crippen molar-refractivity contribution in [3.63, 3.8) is 0 Å². The highest BCUT2D eigenvalue weighted by Gasteiger charge is 2.36. The van der Waals surface area contributed by atoms with Gasteiger partial charge in [0.15, 0.2) is 5.69 Å². The number of morpholine rings is 1. The molecule has 1 aromatic rings. The van der Waals surface area contributed by atoms with Crippen LogP contribution in [0.25, 0.3) is 0 Å². The third-order valence-corrected chi connectivity index (χ3v) is 3.27. The molecule has 7 heteroatoms. The standard InChI is InChI=1S/C11H12N2O5/c14-10(8-3-9(11(15)16)18-12-8)13-4-6-1-2-7(5-13)17-6/h3,6-7H,1-2,4-5H2,(H,15,16). The van der Waals surface area contributed by atoms with E-state index in [1.807, 2.05) is 0 Å². The molecule has 2 aliphatic rings. The Kier molecular flexibility index (Phi) is 2.55. The minimum atomic E-state index is -1.23. The zero-order valence-corrected chi connectivity index (χ0v) is 9.54. The number of carboxylic acids is 1. The molecular weight excluding hydrogens is 240 g/mol. The van der Waals surface area contributed by atoms with Crippen molar-refractivity contribution in [3.8, 4) is 0 Å². The van der Waals surface area contributed by atoms with Crippen molar-refractivity contribution in [2.24, 2.45) is 0 Å². The first kappa shape index (κ1) is 11.2. The lowest BCUT2D eigenvalue weighted by Crippen LogP contribution is -2.45. The maximum atomic E-state index is 12.1. The zero-order chi connectivity index (χ0) is 12.7. The number of aromatic nitrogens is 1. The van der Waals surface area contributed by atoms with Crippen LogP contribution in [0.4, 0.5) is 0 Å². The maximum Gasteiger partial charge on any atom is 0.374 e. The van der Waals surface area contributed by atoms with Crippen molar-refractivity contribution < 1.29 is 24.0 Å². The molecule has 0 saturated carbocycles. The van der Waals surface area contributed by atoms with Gasteiger partial charge in [-0.3, -0.25) is 4.79 Å². The van der Waals surface area contributed by atoms with Gasteiger partial charge in [0.1, 0.15) is 0 Å². The first-order chi connectivity index (χ1) is 8.63. The van der Waals surface area contributed by atoms with Crippen LogP contribution in [0.5, 0.6) is 0 Å². The number of nitrogens with zero attached hydrogens (tertiary/aromatic N) is 2. The highest BCUT2D eigenvalue weighted by molar-refractivity contribution is 5.94. The number of carboxylic acid groups (broad SMARTS) is 1. The van der Waals surface area contributed by atoms with Crippen LogP contribution in [0, 0.1) is 0 Å². The zero-order valence-electron chi connectivity index (χ0n) is 9.54. The Morgan fingerprint density at radius 1 is 1.33 bits per heavy atom. The van der Waals surface area contributed by atoms with Crippen molar-refractivity contribution >= 4 is 11.9 Å². The SMILES string of the molecule is O=C(O)c1cc(C(=O)N2CC3CCC(C2)O3)no1. The Balaban J connectivity index is 1.75. The quantitative estimate of drug-likeness (QED) is 0.817. The second kappa shape index (κ2) is 4.09. The van der Waals surface area contributed by atoms with Gasteiger partial charge >= 0.3 is 5.97 Å². The van der Waals surface area contributed by atoms with Gasteiger partial charge in [-0.15, -0.1) is 0 Å². The lowest BCUT2D eigenvalue weighted by Gasteiger charge is -2.31. The summed E-state index contributed by atoms with van der Waals surface area (Å²) < 4.78 is 10.2. The van der Waals surface area contributed by atoms with E-state index in [1.54, 1.807) is 4.90 Å². The van der Waals surface area contributed by atoms with Crippen LogP contribution in [-0.2, 0) is 4.74 Å². The van der Waals surface area contributed by atoms with Crippen molar-refractivity contribution in [2.45, 2.75) is 25.0 Å². The monoisotopic (exact) mass is 252 g/mol. The Labute approximate surface area is 102 Å². The molecule has 2 unspecified atom stereocenters. The van der Waals surface area contributed by atoms with Crippen LogP contribution in [-0.4, -0.2) is 52.3 Å². The fourth-order valence-electron chi connectivity index (χ4n) is 2.42. The highest BCUT2D eigenvalue weighted by atomic mass is 16.5. The lowest BCUT2D eigenvalue weighted by atomic mass is 10.2. The smallest absolute Gasteiger partial charge is 0.374 e. The molecule has 96 valence electrons. The lowest BCUT2D eigenvalue weighted by molar-refractivity contribution is -0.0306. The van der Waals surface area contributed by atoms with E-state index >= 15 is 0 Å². The minimum absolute atomic E-state index is 0.0358. The number of carbonyl (C=O) groups is 2. The van der Waals surface area contributed by atoms with Crippen molar-refractivity contribution in [2.75, 3.05) is 13.1 Å². The summed E-state index contributed by atoms with van der Waals surface area (Å²) in [5, 5.41) is 12.2. The number of ether oxygens (including phenoxy) is 1. The van der Waals surface area contributed by atoms with E-state index in [0.717, 1.165) is 18.9 Å². The van der Waals surface area contributed by atoms with E-state index in [-0.39, 0.29) is 29.6 Å². The van der Waals surface area contributed by atoms with Crippen LogP contribution < -0.4 is 0 Å². The van der Waals surface area contributed by atoms with Crippen molar-refractivity contribution in [1.29, 1.82) is 0 Å². The summed E-state index contributed by atoms with van der Waals surface area (Å²) in [6.45, 7) is 1.06. The predicted octanol–water partition coefficient (Wildman–Crippen LogP) is 0.376. The van der Waals surface area contributed by atoms with Gasteiger partial charge in [-0.25, -0.2) is 4.79 Å². The van der Waals surface area contributed by atoms with Gasteiger partial charge in [0.25, 0.3) is 5.91 Å².